The summed E-state index contributed by atoms with van der Waals surface area (Å²) in [4.78, 5) is 12.4. The molecule has 0 aliphatic carbocycles. The zero-order valence-electron chi connectivity index (χ0n) is 13.5. The fourth-order valence-electron chi connectivity index (χ4n) is 3.07. The van der Waals surface area contributed by atoms with Crippen molar-refractivity contribution in [2.75, 3.05) is 40.0 Å². The molecule has 1 unspecified atom stereocenters. The Morgan fingerprint density at radius 3 is 3.04 bits per heavy atom. The normalized spacial score (nSPS) is 20.0. The topological polar surface area (TPSA) is 68.8 Å². The Hall–Kier alpha value is -1.95. The lowest BCUT2D eigenvalue weighted by molar-refractivity contribution is 0.0948. The van der Waals surface area contributed by atoms with Crippen molar-refractivity contribution in [2.45, 2.75) is 19.3 Å². The highest BCUT2D eigenvalue weighted by atomic mass is 16.6. The van der Waals surface area contributed by atoms with E-state index in [1.54, 1.807) is 19.2 Å². The van der Waals surface area contributed by atoms with Crippen molar-refractivity contribution in [1.29, 1.82) is 0 Å². The lowest BCUT2D eigenvalue weighted by Crippen LogP contribution is -2.33. The highest BCUT2D eigenvalue weighted by Gasteiger charge is 2.21. The summed E-state index contributed by atoms with van der Waals surface area (Å²) >= 11 is 0. The third-order valence-electron chi connectivity index (χ3n) is 4.33. The van der Waals surface area contributed by atoms with E-state index in [9.17, 15) is 4.79 Å². The van der Waals surface area contributed by atoms with Crippen LogP contribution >= 0.6 is 0 Å². The number of hydrogen-bond donors (Lipinski definition) is 2. The highest BCUT2D eigenvalue weighted by Crippen LogP contribution is 2.40. The molecule has 6 nitrogen and oxygen atoms in total. The Morgan fingerprint density at radius 1 is 1.39 bits per heavy atom. The quantitative estimate of drug-likeness (QED) is 0.862. The highest BCUT2D eigenvalue weighted by molar-refractivity contribution is 5.95. The number of carbonyl (C=O) groups excluding carboxylic acids is 1. The number of hydrogen-bond acceptors (Lipinski definition) is 5. The maximum absolute atomic E-state index is 12.4. The fraction of sp³-hybridized carbons (Fsp3) is 0.588. The first-order valence-electron chi connectivity index (χ1n) is 8.24. The lowest BCUT2D eigenvalue weighted by Gasteiger charge is -2.23. The summed E-state index contributed by atoms with van der Waals surface area (Å²) in [5.74, 6) is 2.22. The van der Waals surface area contributed by atoms with E-state index in [1.165, 1.54) is 12.8 Å². The van der Waals surface area contributed by atoms with Gasteiger partial charge in [-0.3, -0.25) is 4.79 Å². The van der Waals surface area contributed by atoms with Crippen molar-refractivity contribution in [3.63, 3.8) is 0 Å². The van der Waals surface area contributed by atoms with Crippen LogP contribution in [0.4, 0.5) is 0 Å². The largest absolute Gasteiger partial charge is 0.493 e. The standard InChI is InChI=1S/C17H24N2O4/c1-21-14-9-13(10-15-16(14)23-8-7-22-15)17(20)19-6-4-12-3-2-5-18-11-12/h9-10,12,18H,2-8,11H2,1H3,(H,19,20). The van der Waals surface area contributed by atoms with Crippen LogP contribution in [0.2, 0.25) is 0 Å². The molecule has 2 aliphatic heterocycles. The van der Waals surface area contributed by atoms with Crippen molar-refractivity contribution in [2.24, 2.45) is 5.92 Å². The average molecular weight is 320 g/mol. The molecule has 1 amide bonds. The van der Waals surface area contributed by atoms with E-state index in [-0.39, 0.29) is 5.91 Å². The first-order chi connectivity index (χ1) is 11.3. The molecule has 2 heterocycles. The van der Waals surface area contributed by atoms with Gasteiger partial charge < -0.3 is 24.8 Å². The van der Waals surface area contributed by atoms with Crippen LogP contribution < -0.4 is 24.8 Å². The smallest absolute Gasteiger partial charge is 0.251 e. The van der Waals surface area contributed by atoms with Gasteiger partial charge in [0, 0.05) is 12.1 Å². The van der Waals surface area contributed by atoms with E-state index in [1.807, 2.05) is 0 Å². The number of ether oxygens (including phenoxy) is 3. The van der Waals surface area contributed by atoms with Crippen LogP contribution in [0.1, 0.15) is 29.6 Å². The molecular formula is C17H24N2O4. The third-order valence-corrected chi connectivity index (χ3v) is 4.33. The predicted octanol–water partition coefficient (Wildman–Crippen LogP) is 1.59. The van der Waals surface area contributed by atoms with Crippen LogP contribution in [-0.4, -0.2) is 45.9 Å². The molecule has 6 heteroatoms. The molecule has 1 aromatic rings. The van der Waals surface area contributed by atoms with Crippen molar-refractivity contribution in [3.05, 3.63) is 17.7 Å². The van der Waals surface area contributed by atoms with Gasteiger partial charge in [0.15, 0.2) is 11.5 Å². The molecule has 1 aromatic carbocycles. The Kier molecular flexibility index (Phi) is 5.23. The number of rotatable bonds is 5. The van der Waals surface area contributed by atoms with Gasteiger partial charge in [0.05, 0.1) is 7.11 Å². The zero-order chi connectivity index (χ0) is 16.1. The van der Waals surface area contributed by atoms with E-state index >= 15 is 0 Å². The first kappa shape index (κ1) is 15.9. The summed E-state index contributed by atoms with van der Waals surface area (Å²) in [5.41, 5.74) is 0.535. The molecule has 3 rings (SSSR count). The van der Waals surface area contributed by atoms with Crippen molar-refractivity contribution in [3.8, 4) is 17.2 Å². The van der Waals surface area contributed by atoms with Gasteiger partial charge in [0.1, 0.15) is 13.2 Å². The van der Waals surface area contributed by atoms with Crippen LogP contribution in [0.5, 0.6) is 17.2 Å². The molecule has 0 saturated carbocycles. The van der Waals surface area contributed by atoms with Crippen LogP contribution in [0.15, 0.2) is 12.1 Å². The molecule has 1 fully saturated rings. The van der Waals surface area contributed by atoms with E-state index in [0.717, 1.165) is 19.5 Å². The van der Waals surface area contributed by atoms with Gasteiger partial charge in [-0.2, -0.15) is 0 Å². The number of fused-ring (bicyclic) bond motifs is 1. The first-order valence-corrected chi connectivity index (χ1v) is 8.24. The number of amides is 1. The minimum absolute atomic E-state index is 0.107. The number of benzene rings is 1. The van der Waals surface area contributed by atoms with Gasteiger partial charge in [-0.25, -0.2) is 0 Å². The Labute approximate surface area is 136 Å². The molecule has 23 heavy (non-hydrogen) atoms. The number of piperidine rings is 1. The summed E-state index contributed by atoms with van der Waals surface area (Å²) in [6.07, 6.45) is 3.46. The summed E-state index contributed by atoms with van der Waals surface area (Å²) in [6, 6.07) is 3.42. The maximum atomic E-state index is 12.4. The molecule has 0 aromatic heterocycles. The van der Waals surface area contributed by atoms with Crippen molar-refractivity contribution < 1.29 is 19.0 Å². The summed E-state index contributed by atoms with van der Waals surface area (Å²) in [7, 11) is 1.56. The molecule has 0 spiro atoms. The Morgan fingerprint density at radius 2 is 2.26 bits per heavy atom. The van der Waals surface area contributed by atoms with E-state index in [2.05, 4.69) is 10.6 Å². The van der Waals surface area contributed by atoms with Crippen LogP contribution in [-0.2, 0) is 0 Å². The summed E-state index contributed by atoms with van der Waals surface area (Å²) in [5, 5.41) is 6.38. The molecule has 2 N–H and O–H groups in total. The maximum Gasteiger partial charge on any atom is 0.251 e. The molecular weight excluding hydrogens is 296 g/mol. The second-order valence-corrected chi connectivity index (χ2v) is 5.96. The van der Waals surface area contributed by atoms with E-state index in [0.29, 0.717) is 48.5 Å². The molecule has 1 atom stereocenters. The van der Waals surface area contributed by atoms with Crippen LogP contribution in [0.25, 0.3) is 0 Å². The monoisotopic (exact) mass is 320 g/mol. The van der Waals surface area contributed by atoms with E-state index < -0.39 is 0 Å². The van der Waals surface area contributed by atoms with E-state index in [4.69, 9.17) is 14.2 Å². The van der Waals surface area contributed by atoms with Crippen LogP contribution in [0, 0.1) is 5.92 Å². The third kappa shape index (κ3) is 3.88. The minimum Gasteiger partial charge on any atom is -0.493 e. The van der Waals surface area contributed by atoms with Gasteiger partial charge in [-0.15, -0.1) is 0 Å². The number of methoxy groups -OCH3 is 1. The van der Waals surface area contributed by atoms with Gasteiger partial charge in [0.2, 0.25) is 5.75 Å². The second kappa shape index (κ2) is 7.55. The Balaban J connectivity index is 1.60. The lowest BCUT2D eigenvalue weighted by atomic mass is 9.96. The fourth-order valence-corrected chi connectivity index (χ4v) is 3.07. The molecule has 1 saturated heterocycles. The molecule has 126 valence electrons. The van der Waals surface area contributed by atoms with Gasteiger partial charge >= 0.3 is 0 Å². The average Bonchev–Trinajstić information content (AvgIpc) is 2.61. The van der Waals surface area contributed by atoms with Crippen LogP contribution in [0.3, 0.4) is 0 Å². The zero-order valence-corrected chi connectivity index (χ0v) is 13.5. The van der Waals surface area contributed by atoms with Gasteiger partial charge in [0.25, 0.3) is 5.91 Å². The molecule has 2 aliphatic rings. The molecule has 0 bridgehead atoms. The second-order valence-electron chi connectivity index (χ2n) is 5.96. The van der Waals surface area contributed by atoms with Crippen molar-refractivity contribution in [1.82, 2.24) is 10.6 Å². The Bertz CT molecular complexity index is 539. The minimum atomic E-state index is -0.107. The SMILES string of the molecule is COc1cc(C(=O)NCCC2CCCNC2)cc2c1OCCO2. The van der Waals surface area contributed by atoms with Gasteiger partial charge in [-0.1, -0.05) is 0 Å². The number of carbonyl (C=O) groups is 1. The summed E-state index contributed by atoms with van der Waals surface area (Å²) < 4.78 is 16.4. The number of nitrogens with one attached hydrogen (secondary N) is 2. The van der Waals surface area contributed by atoms with Crippen molar-refractivity contribution >= 4 is 5.91 Å². The molecule has 0 radical (unpaired) electrons. The summed E-state index contributed by atoms with van der Waals surface area (Å²) in [6.45, 7) is 3.82. The predicted molar refractivity (Wildman–Crippen MR) is 86.5 cm³/mol. The van der Waals surface area contributed by atoms with Gasteiger partial charge in [-0.05, 0) is 50.4 Å².